The maximum Gasteiger partial charge on any atom is 0.338 e. The van der Waals surface area contributed by atoms with Crippen LogP contribution in [0.25, 0.3) is 0 Å². The van der Waals surface area contributed by atoms with Gasteiger partial charge in [-0.05, 0) is 43.4 Å². The molecule has 1 saturated heterocycles. The van der Waals surface area contributed by atoms with Crippen LogP contribution >= 0.6 is 0 Å². The van der Waals surface area contributed by atoms with Gasteiger partial charge in [-0.2, -0.15) is 0 Å². The van der Waals surface area contributed by atoms with Crippen LogP contribution in [0.5, 0.6) is 0 Å². The molecule has 2 amide bonds. The van der Waals surface area contributed by atoms with E-state index < -0.39 is 5.97 Å². The minimum Gasteiger partial charge on any atom is -0.462 e. The first-order valence-corrected chi connectivity index (χ1v) is 7.95. The number of esters is 1. The fraction of sp³-hybridized carbons (Fsp3) is 0.389. The second-order valence-corrected chi connectivity index (χ2v) is 6.28. The average Bonchev–Trinajstić information content (AvgIpc) is 3.22. The van der Waals surface area contributed by atoms with Crippen LogP contribution in [0.2, 0.25) is 0 Å². The Morgan fingerprint density at radius 1 is 1.17 bits per heavy atom. The molecule has 1 saturated carbocycles. The van der Waals surface area contributed by atoms with Gasteiger partial charge in [-0.1, -0.05) is 18.2 Å². The van der Waals surface area contributed by atoms with Crippen molar-refractivity contribution in [2.75, 3.05) is 11.5 Å². The third-order valence-electron chi connectivity index (χ3n) is 5.09. The Morgan fingerprint density at radius 2 is 1.83 bits per heavy atom. The number of carbonyl (C=O) groups is 3. The highest BCUT2D eigenvalue weighted by Gasteiger charge is 2.59. The first-order valence-electron chi connectivity index (χ1n) is 7.95. The normalized spacial score (nSPS) is 30.9. The smallest absolute Gasteiger partial charge is 0.338 e. The Morgan fingerprint density at radius 3 is 2.43 bits per heavy atom. The van der Waals surface area contributed by atoms with Crippen molar-refractivity contribution in [2.24, 2.45) is 23.7 Å². The predicted octanol–water partition coefficient (Wildman–Crippen LogP) is 2.17. The van der Waals surface area contributed by atoms with Gasteiger partial charge in [0.25, 0.3) is 0 Å². The molecule has 0 radical (unpaired) electrons. The molecule has 0 N–H and O–H groups in total. The topological polar surface area (TPSA) is 63.7 Å². The Bertz CT molecular complexity index is 708. The summed E-state index contributed by atoms with van der Waals surface area (Å²) in [6.07, 6.45) is 5.04. The second-order valence-electron chi connectivity index (χ2n) is 6.28. The number of fused-ring (bicyclic) bond motifs is 5. The lowest BCUT2D eigenvalue weighted by molar-refractivity contribution is -0.123. The van der Waals surface area contributed by atoms with Crippen molar-refractivity contribution in [3.63, 3.8) is 0 Å². The Hall–Kier alpha value is -2.43. The van der Waals surface area contributed by atoms with Crippen LogP contribution in [0.3, 0.4) is 0 Å². The number of amides is 2. The molecule has 1 aliphatic heterocycles. The zero-order valence-electron chi connectivity index (χ0n) is 12.8. The van der Waals surface area contributed by atoms with Crippen molar-refractivity contribution in [1.29, 1.82) is 0 Å². The minimum atomic E-state index is -0.449. The van der Waals surface area contributed by atoms with Crippen LogP contribution < -0.4 is 4.90 Å². The number of rotatable bonds is 3. The van der Waals surface area contributed by atoms with Crippen LogP contribution in [0.15, 0.2) is 36.4 Å². The van der Waals surface area contributed by atoms with Crippen LogP contribution in [0.4, 0.5) is 5.69 Å². The van der Waals surface area contributed by atoms with Gasteiger partial charge < -0.3 is 4.74 Å². The quantitative estimate of drug-likeness (QED) is 0.487. The predicted molar refractivity (Wildman–Crippen MR) is 82.6 cm³/mol. The lowest BCUT2D eigenvalue weighted by Gasteiger charge is -2.17. The maximum absolute atomic E-state index is 12.7. The molecule has 4 atom stereocenters. The number of imide groups is 1. The molecule has 0 unspecified atom stereocenters. The van der Waals surface area contributed by atoms with Gasteiger partial charge in [-0.25, -0.2) is 9.69 Å². The molecule has 3 aliphatic rings. The van der Waals surface area contributed by atoms with E-state index in [1.54, 1.807) is 31.2 Å². The molecular weight excluding hydrogens is 294 g/mol. The van der Waals surface area contributed by atoms with Crippen molar-refractivity contribution in [3.8, 4) is 0 Å². The van der Waals surface area contributed by atoms with Crippen LogP contribution in [-0.2, 0) is 14.3 Å². The van der Waals surface area contributed by atoms with E-state index in [2.05, 4.69) is 12.2 Å². The number of hydrogen-bond acceptors (Lipinski definition) is 4. The summed E-state index contributed by atoms with van der Waals surface area (Å²) in [5.41, 5.74) is 0.808. The molecular formula is C18H17NO4. The fourth-order valence-electron chi connectivity index (χ4n) is 4.14. The number of hydrogen-bond donors (Lipinski definition) is 0. The van der Waals surface area contributed by atoms with E-state index >= 15 is 0 Å². The van der Waals surface area contributed by atoms with E-state index in [-0.39, 0.29) is 42.1 Å². The third-order valence-corrected chi connectivity index (χ3v) is 5.09. The molecule has 4 rings (SSSR count). The van der Waals surface area contributed by atoms with Crippen molar-refractivity contribution in [1.82, 2.24) is 0 Å². The lowest BCUT2D eigenvalue weighted by atomic mass is 9.85. The Kier molecular flexibility index (Phi) is 3.11. The SMILES string of the molecule is CCOC(=O)c1cccc(N2C(=O)[C@@H]3[C@@H](C2=O)[C@@H]2C=C[C@@H]3C2)c1. The molecule has 1 heterocycles. The van der Waals surface area contributed by atoms with Gasteiger partial charge in [0.2, 0.25) is 11.8 Å². The Labute approximate surface area is 133 Å². The summed E-state index contributed by atoms with van der Waals surface area (Å²) in [5, 5.41) is 0. The summed E-state index contributed by atoms with van der Waals surface area (Å²) < 4.78 is 4.98. The molecule has 23 heavy (non-hydrogen) atoms. The average molecular weight is 311 g/mol. The molecule has 1 aromatic rings. The maximum atomic E-state index is 12.7. The first-order chi connectivity index (χ1) is 11.1. The molecule has 2 bridgehead atoms. The molecule has 2 fully saturated rings. The van der Waals surface area contributed by atoms with Crippen molar-refractivity contribution >= 4 is 23.5 Å². The largest absolute Gasteiger partial charge is 0.462 e. The van der Waals surface area contributed by atoms with Gasteiger partial charge in [0.1, 0.15) is 0 Å². The van der Waals surface area contributed by atoms with Crippen LogP contribution in [-0.4, -0.2) is 24.4 Å². The van der Waals surface area contributed by atoms with Gasteiger partial charge in [0.15, 0.2) is 0 Å². The van der Waals surface area contributed by atoms with E-state index in [1.807, 2.05) is 0 Å². The summed E-state index contributed by atoms with van der Waals surface area (Å²) in [7, 11) is 0. The molecule has 1 aromatic carbocycles. The van der Waals surface area contributed by atoms with E-state index in [0.717, 1.165) is 6.42 Å². The summed E-state index contributed by atoms with van der Waals surface area (Å²) in [4.78, 5) is 38.6. The zero-order chi connectivity index (χ0) is 16.1. The second kappa shape index (κ2) is 5.05. The number of benzene rings is 1. The van der Waals surface area contributed by atoms with Gasteiger partial charge in [-0.3, -0.25) is 9.59 Å². The number of allylic oxidation sites excluding steroid dienone is 2. The van der Waals surface area contributed by atoms with Crippen LogP contribution in [0.1, 0.15) is 23.7 Å². The number of nitrogens with zero attached hydrogens (tertiary/aromatic N) is 1. The molecule has 5 nitrogen and oxygen atoms in total. The van der Waals surface area contributed by atoms with E-state index in [9.17, 15) is 14.4 Å². The summed E-state index contributed by atoms with van der Waals surface area (Å²) in [6.45, 7) is 2.02. The highest BCUT2D eigenvalue weighted by molar-refractivity contribution is 6.23. The van der Waals surface area contributed by atoms with Crippen molar-refractivity contribution in [3.05, 3.63) is 42.0 Å². The zero-order valence-corrected chi connectivity index (χ0v) is 12.8. The summed E-state index contributed by atoms with van der Waals surface area (Å²) in [6, 6.07) is 6.54. The van der Waals surface area contributed by atoms with Gasteiger partial charge in [-0.15, -0.1) is 0 Å². The van der Waals surface area contributed by atoms with E-state index in [0.29, 0.717) is 11.3 Å². The third kappa shape index (κ3) is 1.96. The minimum absolute atomic E-state index is 0.141. The molecule has 5 heteroatoms. The van der Waals surface area contributed by atoms with Crippen LogP contribution in [0, 0.1) is 23.7 Å². The molecule has 2 aliphatic carbocycles. The number of anilines is 1. The highest BCUT2D eigenvalue weighted by atomic mass is 16.5. The first kappa shape index (κ1) is 14.2. The lowest BCUT2D eigenvalue weighted by Crippen LogP contribution is -2.33. The van der Waals surface area contributed by atoms with Crippen molar-refractivity contribution in [2.45, 2.75) is 13.3 Å². The standard InChI is InChI=1S/C18H17NO4/c1-2-23-18(22)12-4-3-5-13(9-12)19-16(20)14-10-6-7-11(8-10)15(14)17(19)21/h3-7,9-11,14-15H,2,8H2,1H3/t10-,11-,14+,15+/m1/s1. The summed E-state index contributed by atoms with van der Waals surface area (Å²) in [5.74, 6) is -0.835. The highest BCUT2D eigenvalue weighted by Crippen LogP contribution is 2.53. The molecule has 0 aromatic heterocycles. The molecule has 118 valence electrons. The monoisotopic (exact) mass is 311 g/mol. The van der Waals surface area contributed by atoms with E-state index in [4.69, 9.17) is 4.74 Å². The van der Waals surface area contributed by atoms with Gasteiger partial charge in [0, 0.05) is 0 Å². The van der Waals surface area contributed by atoms with Crippen molar-refractivity contribution < 1.29 is 19.1 Å². The summed E-state index contributed by atoms with van der Waals surface area (Å²) >= 11 is 0. The van der Waals surface area contributed by atoms with Gasteiger partial charge >= 0.3 is 5.97 Å². The number of ether oxygens (including phenoxy) is 1. The van der Waals surface area contributed by atoms with E-state index in [1.165, 1.54) is 4.90 Å². The molecule has 0 spiro atoms. The Balaban J connectivity index is 1.67. The van der Waals surface area contributed by atoms with Gasteiger partial charge in [0.05, 0.1) is 29.7 Å². The number of carbonyl (C=O) groups excluding carboxylic acids is 3. The fourth-order valence-corrected chi connectivity index (χ4v) is 4.14.